The Kier molecular flexibility index (Phi) is 4.21. The van der Waals surface area contributed by atoms with Crippen LogP contribution in [-0.4, -0.2) is 59.2 Å². The molecule has 3 rings (SSSR count). The van der Waals surface area contributed by atoms with E-state index >= 15 is 0 Å². The second-order valence-electron chi connectivity index (χ2n) is 5.58. The summed E-state index contributed by atoms with van der Waals surface area (Å²) in [6.07, 6.45) is -0.843. The summed E-state index contributed by atoms with van der Waals surface area (Å²) in [7, 11) is 7.54. The number of nitrogens with zero attached hydrogens (tertiary/aromatic N) is 2. The molecule has 3 aromatic rings. The van der Waals surface area contributed by atoms with Crippen LogP contribution in [-0.2, 0) is 6.54 Å². The Labute approximate surface area is 133 Å². The van der Waals surface area contributed by atoms with Crippen molar-refractivity contribution in [3.8, 4) is 0 Å². The highest BCUT2D eigenvalue weighted by Crippen LogP contribution is 2.23. The molecule has 0 aliphatic carbocycles. The van der Waals surface area contributed by atoms with Gasteiger partial charge in [-0.05, 0) is 13.1 Å². The Bertz CT molecular complexity index is 905. The van der Waals surface area contributed by atoms with Crippen LogP contribution in [0.3, 0.4) is 0 Å². The third-order valence-corrected chi connectivity index (χ3v) is 3.55. The summed E-state index contributed by atoms with van der Waals surface area (Å²) < 4.78 is 5.53. The fourth-order valence-corrected chi connectivity index (χ4v) is 2.53. The average Bonchev–Trinajstić information content (AvgIpc) is 2.85. The number of furan rings is 1. The topological polar surface area (TPSA) is 103 Å². The van der Waals surface area contributed by atoms with E-state index in [1.165, 1.54) is 0 Å². The van der Waals surface area contributed by atoms with Crippen molar-refractivity contribution >= 4 is 35.4 Å². The highest BCUT2D eigenvalue weighted by Gasteiger charge is 2.15. The van der Waals surface area contributed by atoms with E-state index in [4.69, 9.17) is 17.4 Å². The van der Waals surface area contributed by atoms with Gasteiger partial charge in [0.05, 0.1) is 19.3 Å². The van der Waals surface area contributed by atoms with Crippen molar-refractivity contribution in [1.82, 2.24) is 14.9 Å². The molecule has 1 unspecified atom stereocenters. The van der Waals surface area contributed by atoms with E-state index in [1.54, 1.807) is 30.1 Å². The van der Waals surface area contributed by atoms with Crippen LogP contribution in [0.1, 0.15) is 5.82 Å². The second-order valence-corrected chi connectivity index (χ2v) is 5.58. The molecular formula is C15H16BN3O4. The van der Waals surface area contributed by atoms with Crippen molar-refractivity contribution in [3.05, 3.63) is 34.4 Å². The quantitative estimate of drug-likeness (QED) is 0.536. The van der Waals surface area contributed by atoms with Gasteiger partial charge in [-0.2, -0.15) is 0 Å². The van der Waals surface area contributed by atoms with Crippen molar-refractivity contribution < 1.29 is 14.6 Å². The fourth-order valence-electron chi connectivity index (χ4n) is 2.53. The van der Waals surface area contributed by atoms with Gasteiger partial charge in [0.15, 0.2) is 0 Å². The van der Waals surface area contributed by atoms with Gasteiger partial charge >= 0.3 is 0 Å². The first kappa shape index (κ1) is 15.7. The number of likely N-dealkylation sites (N-methyl/N-ethyl adjacent to an activating group) is 1. The molecule has 0 saturated heterocycles. The fraction of sp³-hybridized carbons (Fsp3) is 0.333. The molecular weight excluding hydrogens is 297 g/mol. The van der Waals surface area contributed by atoms with E-state index in [1.807, 2.05) is 0 Å². The van der Waals surface area contributed by atoms with Crippen LogP contribution in [0.25, 0.3) is 22.1 Å². The molecule has 7 nitrogen and oxygen atoms in total. The Balaban J connectivity index is 2.01. The lowest BCUT2D eigenvalue weighted by atomic mass is 9.95. The molecule has 0 aliphatic rings. The van der Waals surface area contributed by atoms with Crippen LogP contribution in [0, 0.1) is 0 Å². The van der Waals surface area contributed by atoms with Crippen LogP contribution in [0.2, 0.25) is 0 Å². The lowest BCUT2D eigenvalue weighted by Gasteiger charge is -2.18. The number of hydrogen-bond donors (Lipinski definition) is 3. The van der Waals surface area contributed by atoms with E-state index < -0.39 is 6.10 Å². The van der Waals surface area contributed by atoms with Crippen LogP contribution in [0.5, 0.6) is 0 Å². The van der Waals surface area contributed by atoms with Crippen molar-refractivity contribution in [3.63, 3.8) is 0 Å². The summed E-state index contributed by atoms with van der Waals surface area (Å²) in [5, 5.41) is 19.0. The van der Waals surface area contributed by atoms with Crippen molar-refractivity contribution in [1.29, 1.82) is 0 Å². The summed E-state index contributed by atoms with van der Waals surface area (Å²) >= 11 is 0. The van der Waals surface area contributed by atoms with Gasteiger partial charge in [-0.25, -0.2) is 4.98 Å². The molecule has 0 saturated carbocycles. The number of rotatable bonds is 5. The maximum atomic E-state index is 12.2. The van der Waals surface area contributed by atoms with Crippen molar-refractivity contribution in [2.24, 2.45) is 0 Å². The summed E-state index contributed by atoms with van der Waals surface area (Å²) in [4.78, 5) is 21.1. The largest absolute Gasteiger partial charge is 0.449 e. The molecule has 3 N–H and O–H groups in total. The van der Waals surface area contributed by atoms with E-state index in [-0.39, 0.29) is 24.3 Å². The number of aromatic amines is 1. The first-order chi connectivity index (χ1) is 11.0. The second kappa shape index (κ2) is 6.15. The summed E-state index contributed by atoms with van der Waals surface area (Å²) in [5.74, 6) is 0.445. The van der Waals surface area contributed by atoms with E-state index in [9.17, 15) is 9.90 Å². The monoisotopic (exact) mass is 313 g/mol. The van der Waals surface area contributed by atoms with Gasteiger partial charge in [-0.15, -0.1) is 0 Å². The van der Waals surface area contributed by atoms with E-state index in [2.05, 4.69) is 9.97 Å². The van der Waals surface area contributed by atoms with Crippen molar-refractivity contribution in [2.45, 2.75) is 12.6 Å². The van der Waals surface area contributed by atoms with E-state index in [0.29, 0.717) is 34.3 Å². The molecule has 23 heavy (non-hydrogen) atoms. The van der Waals surface area contributed by atoms with Gasteiger partial charge in [0, 0.05) is 11.9 Å². The molecule has 0 fully saturated rings. The highest BCUT2D eigenvalue weighted by molar-refractivity contribution is 6.33. The number of hydrogen-bond acceptors (Lipinski definition) is 6. The van der Waals surface area contributed by atoms with Crippen LogP contribution in [0.15, 0.2) is 27.4 Å². The molecule has 0 amide bonds. The molecule has 2 radical (unpaired) electrons. The lowest BCUT2D eigenvalue weighted by molar-refractivity contribution is 0.0642. The number of aliphatic hydroxyl groups excluding tert-OH is 2. The first-order valence-electron chi connectivity index (χ1n) is 7.16. The predicted octanol–water partition coefficient (Wildman–Crippen LogP) is -0.752. The third-order valence-electron chi connectivity index (χ3n) is 3.55. The maximum Gasteiger partial charge on any atom is 0.294 e. The molecule has 2 aromatic heterocycles. The maximum absolute atomic E-state index is 12.2. The van der Waals surface area contributed by atoms with Crippen LogP contribution in [0.4, 0.5) is 0 Å². The van der Waals surface area contributed by atoms with Crippen LogP contribution < -0.4 is 11.0 Å². The number of aromatic nitrogens is 2. The predicted molar refractivity (Wildman–Crippen MR) is 87.0 cm³/mol. The minimum Gasteiger partial charge on any atom is -0.449 e. The minimum atomic E-state index is -0.843. The summed E-state index contributed by atoms with van der Waals surface area (Å²) in [6.45, 7) is 0.257. The molecule has 118 valence electrons. The normalized spacial score (nSPS) is 13.2. The third kappa shape index (κ3) is 3.14. The molecule has 2 heterocycles. The Morgan fingerprint density at radius 1 is 1.48 bits per heavy atom. The zero-order chi connectivity index (χ0) is 16.6. The molecule has 1 atom stereocenters. The van der Waals surface area contributed by atoms with E-state index in [0.717, 1.165) is 0 Å². The number of H-pyrrole nitrogens is 1. The summed E-state index contributed by atoms with van der Waals surface area (Å²) in [6, 6.07) is 5.12. The average molecular weight is 313 g/mol. The van der Waals surface area contributed by atoms with Gasteiger partial charge in [0.2, 0.25) is 5.58 Å². The van der Waals surface area contributed by atoms with Crippen LogP contribution >= 0.6 is 0 Å². The Hall–Kier alpha value is -2.16. The molecule has 0 spiro atoms. The zero-order valence-corrected chi connectivity index (χ0v) is 12.6. The molecule has 0 bridgehead atoms. The van der Waals surface area contributed by atoms with Crippen molar-refractivity contribution in [2.75, 3.05) is 20.2 Å². The van der Waals surface area contributed by atoms with Gasteiger partial charge < -0.3 is 19.6 Å². The SMILES string of the molecule is [B]c1ccc2oc3c(=O)[nH]c(CN(C)CC(O)CO)nc3c2c1. The number of aliphatic hydroxyl groups is 2. The minimum absolute atomic E-state index is 0.160. The van der Waals surface area contributed by atoms with Gasteiger partial charge in [-0.1, -0.05) is 17.6 Å². The molecule has 8 heteroatoms. The first-order valence-corrected chi connectivity index (χ1v) is 7.16. The highest BCUT2D eigenvalue weighted by atomic mass is 16.3. The number of fused-ring (bicyclic) bond motifs is 3. The van der Waals surface area contributed by atoms with Gasteiger partial charge in [-0.3, -0.25) is 9.69 Å². The standard InChI is InChI=1S/C15H16BN3O4/c1-19(5-9(21)7-20)6-12-17-13-10-4-8(16)2-3-11(10)23-14(13)15(22)18-12/h2-4,9,20-21H,5-7H2,1H3,(H,17,18,22). The zero-order valence-electron chi connectivity index (χ0n) is 12.6. The molecule has 1 aromatic carbocycles. The number of benzene rings is 1. The smallest absolute Gasteiger partial charge is 0.294 e. The lowest BCUT2D eigenvalue weighted by Crippen LogP contribution is -2.32. The molecule has 0 aliphatic heterocycles. The number of nitrogens with one attached hydrogen (secondary N) is 1. The Morgan fingerprint density at radius 3 is 3.00 bits per heavy atom. The van der Waals surface area contributed by atoms with Gasteiger partial charge in [0.1, 0.15) is 24.8 Å². The Morgan fingerprint density at radius 2 is 2.26 bits per heavy atom. The van der Waals surface area contributed by atoms with Gasteiger partial charge in [0.25, 0.3) is 5.56 Å². The summed E-state index contributed by atoms with van der Waals surface area (Å²) in [5.41, 5.74) is 1.37.